The molecular weight excluding hydrogens is 619 g/mol. The van der Waals surface area contributed by atoms with E-state index in [-0.39, 0.29) is 43.6 Å². The maximum atomic E-state index is 9.96. The summed E-state index contributed by atoms with van der Waals surface area (Å²) in [7, 11) is 0. The van der Waals surface area contributed by atoms with Crippen molar-refractivity contribution in [1.82, 2.24) is 13.7 Å². The lowest BCUT2D eigenvalue weighted by Gasteiger charge is -2.11. The average Bonchev–Trinajstić information content (AvgIpc) is 4.03. The highest BCUT2D eigenvalue weighted by Crippen LogP contribution is 2.40. The highest BCUT2D eigenvalue weighted by molar-refractivity contribution is 6.14. The number of rotatable bonds is 4. The second-order valence-corrected chi connectivity index (χ2v) is 11.8. The predicted octanol–water partition coefficient (Wildman–Crippen LogP) is 12.6. The number of nitrogens with zero attached hydrogens (tertiary/aromatic N) is 3. The topological polar surface area (TPSA) is 14.8 Å². The Hall–Kier alpha value is -6.84. The third-order valence-electron chi connectivity index (χ3n) is 9.05. The van der Waals surface area contributed by atoms with Gasteiger partial charge in [0.05, 0.1) is 60.5 Å². The molecule has 0 radical (unpaired) electrons. The summed E-state index contributed by atoms with van der Waals surface area (Å²) in [6.45, 7) is 0. The van der Waals surface area contributed by atoms with Gasteiger partial charge in [0.15, 0.2) is 0 Å². The first-order valence-electron chi connectivity index (χ1n) is 25.9. The van der Waals surface area contributed by atoms with E-state index in [1.54, 1.807) is 60.7 Å². The highest BCUT2D eigenvalue weighted by atomic mass is 15.0. The zero-order chi connectivity index (χ0) is 50.9. The Morgan fingerprint density at radius 2 is 0.745 bits per heavy atom. The van der Waals surface area contributed by atoms with Crippen LogP contribution in [0.1, 0.15) is 27.4 Å². The molecule has 0 saturated carbocycles. The SMILES string of the molecule is [2H]c1cc2c(c([2H])c1-c1c([2H])c([2H])c3c(c1[2H])c1c([2H])c([2H])c([2H])c([2H])c1n3-c1c([2H])c([2H])c3c4c([2H])c([2H])c([2H])c([2H])c4n(-c4ccccc4)c3c1[2H])c1c([2H])c([2H])c([2H])c([2H])c1n2-c1ccccc1. The van der Waals surface area contributed by atoms with Crippen molar-refractivity contribution in [2.24, 2.45) is 0 Å². The first-order chi connectivity index (χ1) is 33.7. The summed E-state index contributed by atoms with van der Waals surface area (Å²) in [4.78, 5) is 0. The summed E-state index contributed by atoms with van der Waals surface area (Å²) >= 11 is 0. The molecule has 0 unspecified atom stereocenters. The largest absolute Gasteiger partial charge is 0.309 e. The van der Waals surface area contributed by atoms with Crippen LogP contribution in [0.25, 0.3) is 93.6 Å². The molecule has 11 aromatic rings. The molecule has 3 aromatic heterocycles. The average molecular weight is 670 g/mol. The second-order valence-electron chi connectivity index (χ2n) is 11.8. The zero-order valence-electron chi connectivity index (χ0n) is 46.2. The van der Waals surface area contributed by atoms with E-state index in [0.717, 1.165) is 4.57 Å². The molecule has 0 aliphatic rings. The highest BCUT2D eigenvalue weighted by Gasteiger charge is 2.18. The van der Waals surface area contributed by atoms with Crippen LogP contribution < -0.4 is 0 Å². The van der Waals surface area contributed by atoms with Gasteiger partial charge in [-0.2, -0.15) is 0 Å². The van der Waals surface area contributed by atoms with Crippen molar-refractivity contribution in [2.75, 3.05) is 0 Å². The third kappa shape index (κ3) is 4.12. The van der Waals surface area contributed by atoms with Crippen molar-refractivity contribution in [1.29, 1.82) is 0 Å². The first-order valence-corrected chi connectivity index (χ1v) is 15.9. The van der Waals surface area contributed by atoms with E-state index in [2.05, 4.69) is 0 Å². The van der Waals surface area contributed by atoms with Gasteiger partial charge < -0.3 is 13.7 Å². The summed E-state index contributed by atoms with van der Waals surface area (Å²) in [5, 5.41) is -1.32. The molecule has 51 heavy (non-hydrogen) atoms. The monoisotopic (exact) mass is 669 g/mol. The predicted molar refractivity (Wildman–Crippen MR) is 215 cm³/mol. The van der Waals surface area contributed by atoms with Crippen LogP contribution in [-0.4, -0.2) is 13.7 Å². The van der Waals surface area contributed by atoms with Crippen molar-refractivity contribution >= 4 is 65.4 Å². The lowest BCUT2D eigenvalue weighted by molar-refractivity contribution is 1.15. The van der Waals surface area contributed by atoms with Gasteiger partial charge in [0.2, 0.25) is 0 Å². The summed E-state index contributed by atoms with van der Waals surface area (Å²) in [6.07, 6.45) is 0. The summed E-state index contributed by atoms with van der Waals surface area (Å²) in [6, 6.07) is 5.28. The van der Waals surface area contributed by atoms with Crippen LogP contribution in [0, 0.1) is 0 Å². The number of fused-ring (bicyclic) bond motifs is 9. The molecule has 3 nitrogen and oxygen atoms in total. The van der Waals surface area contributed by atoms with E-state index < -0.39 is 159 Å². The van der Waals surface area contributed by atoms with Crippen LogP contribution in [0.4, 0.5) is 0 Å². The molecule has 0 N–H and O–H groups in total. The standard InChI is InChI=1S/C48H31N3/c1-3-13-34(14-4-1)49-44-21-11-8-18-38(44)41-29-32(23-27-46(41)49)33-24-28-47-42(30-33)39-19-9-12-22-45(39)51(47)36-25-26-40-37-17-7-10-20-43(37)50(48(40)31-36)35-15-5-2-6-16-35/h1-31H/i7D,8D,9D,10D,11D,12D,17D,18D,19D,20D,21D,22D,23D,24D,25D,26D,28D,29D,30D,31D. The molecule has 238 valence electrons. The number of para-hydroxylation sites is 5. The van der Waals surface area contributed by atoms with Gasteiger partial charge in [0.25, 0.3) is 0 Å². The van der Waals surface area contributed by atoms with E-state index in [9.17, 15) is 13.7 Å². The minimum atomic E-state index is -0.788. The van der Waals surface area contributed by atoms with Crippen molar-refractivity contribution in [2.45, 2.75) is 0 Å². The maximum absolute atomic E-state index is 9.96. The van der Waals surface area contributed by atoms with Crippen LogP contribution in [0.3, 0.4) is 0 Å². The molecule has 0 aliphatic heterocycles. The van der Waals surface area contributed by atoms with E-state index in [1.807, 2.05) is 0 Å². The van der Waals surface area contributed by atoms with Gasteiger partial charge in [-0.05, 0) is 89.8 Å². The number of aromatic nitrogens is 3. The second kappa shape index (κ2) is 10.8. The molecule has 0 atom stereocenters. The molecule has 8 aromatic carbocycles. The van der Waals surface area contributed by atoms with Crippen molar-refractivity contribution in [3.05, 3.63) is 188 Å². The Labute approximate surface area is 322 Å². The molecule has 0 bridgehead atoms. The van der Waals surface area contributed by atoms with E-state index in [1.165, 1.54) is 15.2 Å². The number of hydrogen-bond acceptors (Lipinski definition) is 0. The molecule has 0 aliphatic carbocycles. The summed E-state index contributed by atoms with van der Waals surface area (Å²) in [5.74, 6) is 0. The Morgan fingerprint density at radius 1 is 0.294 bits per heavy atom. The van der Waals surface area contributed by atoms with Gasteiger partial charge in [-0.15, -0.1) is 0 Å². The van der Waals surface area contributed by atoms with Crippen molar-refractivity contribution < 1.29 is 27.4 Å². The Kier molecular flexibility index (Phi) is 3.18. The number of hydrogen-bond donors (Lipinski definition) is 0. The van der Waals surface area contributed by atoms with Gasteiger partial charge in [-0.25, -0.2) is 0 Å². The summed E-state index contributed by atoms with van der Waals surface area (Å²) in [5.41, 5.74) is -1.85. The fraction of sp³-hybridized carbons (Fsp3) is 0. The third-order valence-corrected chi connectivity index (χ3v) is 9.05. The fourth-order valence-electron chi connectivity index (χ4n) is 6.87. The van der Waals surface area contributed by atoms with Gasteiger partial charge in [0.1, 0.15) is 0 Å². The minimum absolute atomic E-state index is 0.0113. The molecule has 0 spiro atoms. The fourth-order valence-corrected chi connectivity index (χ4v) is 6.87. The lowest BCUT2D eigenvalue weighted by Crippen LogP contribution is -1.96. The Morgan fingerprint density at radius 3 is 1.35 bits per heavy atom. The minimum Gasteiger partial charge on any atom is -0.309 e. The first kappa shape index (κ1) is 15.0. The normalized spacial score (nSPS) is 17.4. The zero-order valence-corrected chi connectivity index (χ0v) is 26.2. The van der Waals surface area contributed by atoms with E-state index >= 15 is 0 Å². The van der Waals surface area contributed by atoms with Crippen molar-refractivity contribution in [3.63, 3.8) is 0 Å². The molecule has 0 saturated heterocycles. The molecule has 11 rings (SSSR count). The maximum Gasteiger partial charge on any atom is 0.0667 e. The van der Waals surface area contributed by atoms with Gasteiger partial charge >= 0.3 is 0 Å². The Balaban J connectivity index is 1.33. The molecule has 0 amide bonds. The molecular formula is C48H31N3. The molecule has 3 heterocycles. The quantitative estimate of drug-likeness (QED) is 0.177. The summed E-state index contributed by atoms with van der Waals surface area (Å²) < 4.78 is 188. The van der Waals surface area contributed by atoms with E-state index in [0.29, 0.717) is 11.4 Å². The van der Waals surface area contributed by atoms with Crippen LogP contribution >= 0.6 is 0 Å². The lowest BCUT2D eigenvalue weighted by atomic mass is 10.0. The van der Waals surface area contributed by atoms with Crippen LogP contribution in [-0.2, 0) is 0 Å². The smallest absolute Gasteiger partial charge is 0.0667 e. The van der Waals surface area contributed by atoms with Crippen molar-refractivity contribution in [3.8, 4) is 28.2 Å². The number of benzene rings is 8. The van der Waals surface area contributed by atoms with Crippen LogP contribution in [0.5, 0.6) is 0 Å². The van der Waals surface area contributed by atoms with Crippen LogP contribution in [0.15, 0.2) is 188 Å². The van der Waals surface area contributed by atoms with Gasteiger partial charge in [0, 0.05) is 49.4 Å². The van der Waals surface area contributed by atoms with Gasteiger partial charge in [-0.3, -0.25) is 0 Å². The molecule has 0 fully saturated rings. The van der Waals surface area contributed by atoms with E-state index in [4.69, 9.17) is 13.7 Å². The molecule has 3 heteroatoms. The Bertz CT molecular complexity index is 4270. The van der Waals surface area contributed by atoms with Gasteiger partial charge in [-0.1, -0.05) is 109 Å². The van der Waals surface area contributed by atoms with Crippen LogP contribution in [0.2, 0.25) is 0 Å².